The lowest BCUT2D eigenvalue weighted by Crippen LogP contribution is -2.27. The highest BCUT2D eigenvalue weighted by atomic mass is 32.2. The zero-order chi connectivity index (χ0) is 20.3. The van der Waals surface area contributed by atoms with Crippen LogP contribution < -0.4 is 10.2 Å². The minimum absolute atomic E-state index is 0.167. The first-order chi connectivity index (χ1) is 13.4. The van der Waals surface area contributed by atoms with Gasteiger partial charge < -0.3 is 10.1 Å². The van der Waals surface area contributed by atoms with E-state index in [-0.39, 0.29) is 11.8 Å². The van der Waals surface area contributed by atoms with Gasteiger partial charge in [-0.1, -0.05) is 36.1 Å². The lowest BCUT2D eigenvalue weighted by atomic mass is 10.1. The number of anilines is 2. The second-order valence-electron chi connectivity index (χ2n) is 5.86. The summed E-state index contributed by atoms with van der Waals surface area (Å²) in [6.45, 7) is 1.43. The third-order valence-corrected chi connectivity index (χ3v) is 5.17. The van der Waals surface area contributed by atoms with E-state index >= 15 is 0 Å². The van der Waals surface area contributed by atoms with E-state index in [1.54, 1.807) is 54.6 Å². The Bertz CT molecular complexity index is 982. The van der Waals surface area contributed by atoms with E-state index in [1.165, 1.54) is 30.7 Å². The van der Waals surface area contributed by atoms with E-state index in [0.29, 0.717) is 26.2 Å². The Morgan fingerprint density at radius 1 is 1.11 bits per heavy atom. The molecule has 0 aliphatic carbocycles. The number of thioether (sulfide) groups is 1. The minimum Gasteiger partial charge on any atom is -0.465 e. The van der Waals surface area contributed by atoms with Crippen molar-refractivity contribution in [1.29, 1.82) is 0 Å². The molecule has 0 atom stereocenters. The summed E-state index contributed by atoms with van der Waals surface area (Å²) in [6.07, 6.45) is 1.73. The SMILES string of the molecule is COC(=O)c1ccc(/C=C2/SC(=S)N(c3ccc(NC(C)=O)cc3)C2=O)cc1. The van der Waals surface area contributed by atoms with Crippen LogP contribution in [-0.2, 0) is 14.3 Å². The van der Waals surface area contributed by atoms with Gasteiger partial charge in [-0.2, -0.15) is 0 Å². The maximum absolute atomic E-state index is 12.8. The van der Waals surface area contributed by atoms with Gasteiger partial charge in [-0.05, 0) is 48.0 Å². The molecule has 6 nitrogen and oxygen atoms in total. The van der Waals surface area contributed by atoms with Crippen LogP contribution in [0.5, 0.6) is 0 Å². The predicted octanol–water partition coefficient (Wildman–Crippen LogP) is 3.84. The fourth-order valence-electron chi connectivity index (χ4n) is 2.57. The minimum atomic E-state index is -0.416. The Hall–Kier alpha value is -2.97. The van der Waals surface area contributed by atoms with Crippen molar-refractivity contribution >= 4 is 63.5 Å². The van der Waals surface area contributed by atoms with Gasteiger partial charge in [-0.25, -0.2) is 4.79 Å². The third kappa shape index (κ3) is 4.29. The van der Waals surface area contributed by atoms with Crippen molar-refractivity contribution in [3.8, 4) is 0 Å². The number of carbonyl (C=O) groups excluding carboxylic acids is 3. The fraction of sp³-hybridized carbons (Fsp3) is 0.100. The van der Waals surface area contributed by atoms with Gasteiger partial charge in [-0.3, -0.25) is 14.5 Å². The van der Waals surface area contributed by atoms with Crippen LogP contribution in [0.4, 0.5) is 11.4 Å². The number of amides is 2. The second kappa shape index (κ2) is 8.37. The first-order valence-corrected chi connectivity index (χ1v) is 9.45. The quantitative estimate of drug-likeness (QED) is 0.467. The van der Waals surface area contributed by atoms with Gasteiger partial charge in [0.05, 0.1) is 23.3 Å². The molecule has 0 aromatic heterocycles. The molecule has 2 amide bonds. The molecule has 1 saturated heterocycles. The zero-order valence-electron chi connectivity index (χ0n) is 15.1. The lowest BCUT2D eigenvalue weighted by molar-refractivity contribution is -0.114. The maximum Gasteiger partial charge on any atom is 0.337 e. The van der Waals surface area contributed by atoms with E-state index < -0.39 is 5.97 Å². The maximum atomic E-state index is 12.8. The van der Waals surface area contributed by atoms with Gasteiger partial charge in [0, 0.05) is 12.6 Å². The Kier molecular flexibility index (Phi) is 5.91. The van der Waals surface area contributed by atoms with Crippen LogP contribution in [0.3, 0.4) is 0 Å². The molecule has 1 N–H and O–H groups in total. The molecular weight excluding hydrogens is 396 g/mol. The van der Waals surface area contributed by atoms with Crippen molar-refractivity contribution in [3.05, 3.63) is 64.6 Å². The zero-order valence-corrected chi connectivity index (χ0v) is 16.7. The van der Waals surface area contributed by atoms with Gasteiger partial charge in [-0.15, -0.1) is 0 Å². The van der Waals surface area contributed by atoms with Crippen molar-refractivity contribution in [2.75, 3.05) is 17.3 Å². The Morgan fingerprint density at radius 2 is 1.75 bits per heavy atom. The van der Waals surface area contributed by atoms with Crippen LogP contribution >= 0.6 is 24.0 Å². The number of thiocarbonyl (C=S) groups is 1. The number of methoxy groups -OCH3 is 1. The molecule has 1 aliphatic heterocycles. The number of benzene rings is 2. The number of esters is 1. The number of hydrogen-bond donors (Lipinski definition) is 1. The summed E-state index contributed by atoms with van der Waals surface area (Å²) in [7, 11) is 1.32. The molecular formula is C20H16N2O4S2. The summed E-state index contributed by atoms with van der Waals surface area (Å²) in [5, 5.41) is 2.68. The highest BCUT2D eigenvalue weighted by Gasteiger charge is 2.33. The molecule has 2 aromatic carbocycles. The lowest BCUT2D eigenvalue weighted by Gasteiger charge is -2.15. The summed E-state index contributed by atoms with van der Waals surface area (Å²) in [5.41, 5.74) is 2.48. The van der Waals surface area contributed by atoms with Crippen LogP contribution in [0.2, 0.25) is 0 Å². The average molecular weight is 412 g/mol. The van der Waals surface area contributed by atoms with Crippen molar-refractivity contribution in [2.24, 2.45) is 0 Å². The molecule has 0 unspecified atom stereocenters. The fourth-order valence-corrected chi connectivity index (χ4v) is 3.87. The van der Waals surface area contributed by atoms with E-state index in [2.05, 4.69) is 10.1 Å². The Balaban J connectivity index is 1.80. The standard InChI is InChI=1S/C20H16N2O4S2/c1-12(23)21-15-7-9-16(10-8-15)22-18(24)17(28-20(22)27)11-13-3-5-14(6-4-13)19(25)26-2/h3-11H,1-2H3,(H,21,23)/b17-11+. The molecule has 8 heteroatoms. The molecule has 1 fully saturated rings. The van der Waals surface area contributed by atoms with Gasteiger partial charge in [0.2, 0.25) is 5.91 Å². The number of hydrogen-bond acceptors (Lipinski definition) is 6. The highest BCUT2D eigenvalue weighted by molar-refractivity contribution is 8.27. The number of carbonyl (C=O) groups is 3. The molecule has 0 bridgehead atoms. The van der Waals surface area contributed by atoms with E-state index in [1.807, 2.05) is 0 Å². The highest BCUT2D eigenvalue weighted by Crippen LogP contribution is 2.36. The predicted molar refractivity (Wildman–Crippen MR) is 114 cm³/mol. The van der Waals surface area contributed by atoms with Crippen molar-refractivity contribution < 1.29 is 19.1 Å². The van der Waals surface area contributed by atoms with Gasteiger partial charge in [0.1, 0.15) is 0 Å². The second-order valence-corrected chi connectivity index (χ2v) is 7.53. The van der Waals surface area contributed by atoms with Gasteiger partial charge >= 0.3 is 5.97 Å². The molecule has 0 saturated carbocycles. The van der Waals surface area contributed by atoms with Crippen LogP contribution in [0, 0.1) is 0 Å². The molecule has 1 aliphatic rings. The smallest absolute Gasteiger partial charge is 0.337 e. The van der Waals surface area contributed by atoms with Crippen molar-refractivity contribution in [3.63, 3.8) is 0 Å². The largest absolute Gasteiger partial charge is 0.465 e. The summed E-state index contributed by atoms with van der Waals surface area (Å²) < 4.78 is 5.10. The molecule has 28 heavy (non-hydrogen) atoms. The van der Waals surface area contributed by atoms with Crippen LogP contribution in [0.25, 0.3) is 6.08 Å². The first-order valence-electron chi connectivity index (χ1n) is 8.23. The molecule has 3 rings (SSSR count). The van der Waals surface area contributed by atoms with E-state index in [0.717, 1.165) is 5.56 Å². The van der Waals surface area contributed by atoms with E-state index in [4.69, 9.17) is 12.2 Å². The summed E-state index contributed by atoms with van der Waals surface area (Å²) in [4.78, 5) is 37.4. The van der Waals surface area contributed by atoms with Crippen LogP contribution in [0.15, 0.2) is 53.4 Å². The third-order valence-electron chi connectivity index (χ3n) is 3.87. The number of nitrogens with zero attached hydrogens (tertiary/aromatic N) is 1. The summed E-state index contributed by atoms with van der Waals surface area (Å²) >= 11 is 6.57. The number of nitrogens with one attached hydrogen (secondary N) is 1. The normalized spacial score (nSPS) is 15.1. The van der Waals surface area contributed by atoms with Gasteiger partial charge in [0.15, 0.2) is 4.32 Å². The molecule has 2 aromatic rings. The average Bonchev–Trinajstić information content (AvgIpc) is 2.95. The Labute approximate surface area is 171 Å². The first kappa shape index (κ1) is 19.8. The number of rotatable bonds is 4. The summed E-state index contributed by atoms with van der Waals surface area (Å²) in [5.74, 6) is -0.806. The monoisotopic (exact) mass is 412 g/mol. The number of ether oxygens (including phenoxy) is 1. The molecule has 142 valence electrons. The van der Waals surface area contributed by atoms with Crippen molar-refractivity contribution in [1.82, 2.24) is 0 Å². The molecule has 0 radical (unpaired) electrons. The van der Waals surface area contributed by atoms with Crippen LogP contribution in [0.1, 0.15) is 22.8 Å². The van der Waals surface area contributed by atoms with Crippen LogP contribution in [-0.4, -0.2) is 29.2 Å². The van der Waals surface area contributed by atoms with Crippen molar-refractivity contribution in [2.45, 2.75) is 6.92 Å². The topological polar surface area (TPSA) is 75.7 Å². The van der Waals surface area contributed by atoms with Gasteiger partial charge in [0.25, 0.3) is 5.91 Å². The molecule has 0 spiro atoms. The Morgan fingerprint density at radius 3 is 2.32 bits per heavy atom. The molecule has 1 heterocycles. The van der Waals surface area contributed by atoms with E-state index in [9.17, 15) is 14.4 Å². The summed E-state index contributed by atoms with van der Waals surface area (Å²) in [6, 6.07) is 13.6.